The number of nitrogens with zero attached hydrogens (tertiary/aromatic N) is 3. The molecule has 9 heavy (non-hydrogen) atoms. The van der Waals surface area contributed by atoms with E-state index in [1.807, 2.05) is 5.32 Å². The van der Waals surface area contributed by atoms with Crippen molar-refractivity contribution in [3.63, 3.8) is 0 Å². The maximum absolute atomic E-state index is 10.3. The van der Waals surface area contributed by atoms with Gasteiger partial charge in [0.2, 0.25) is 5.91 Å². The number of rotatable bonds is 3. The highest BCUT2D eigenvalue weighted by Gasteiger charge is 1.93. The van der Waals surface area contributed by atoms with Crippen molar-refractivity contribution in [2.75, 3.05) is 13.3 Å². The number of carbonyl (C=O) groups is 1. The fraction of sp³-hybridized carbons (Fsp3) is 0.667. The Morgan fingerprint density at radius 1 is 1.89 bits per heavy atom. The van der Waals surface area contributed by atoms with Gasteiger partial charge in [-0.1, -0.05) is 5.11 Å². The van der Waals surface area contributed by atoms with Crippen LogP contribution in [-0.2, 0) is 4.79 Å². The molecule has 0 bridgehead atoms. The maximum atomic E-state index is 10.3. The van der Waals surface area contributed by atoms with Gasteiger partial charge in [-0.15, -0.1) is 0 Å². The molecular formula is C3H6N4O2. The zero-order valence-corrected chi connectivity index (χ0v) is 4.61. The van der Waals surface area contributed by atoms with Crippen molar-refractivity contribution >= 4 is 5.91 Å². The van der Waals surface area contributed by atoms with Crippen molar-refractivity contribution in [2.45, 2.75) is 0 Å². The number of aliphatic hydroxyl groups is 1. The second kappa shape index (κ2) is 4.89. The van der Waals surface area contributed by atoms with Crippen molar-refractivity contribution in [3.05, 3.63) is 10.4 Å². The first-order valence-electron chi connectivity index (χ1n) is 2.19. The third-order valence-corrected chi connectivity index (χ3v) is 0.554. The van der Waals surface area contributed by atoms with E-state index in [-0.39, 0.29) is 6.54 Å². The van der Waals surface area contributed by atoms with Crippen LogP contribution in [0.2, 0.25) is 0 Å². The fourth-order valence-electron chi connectivity index (χ4n) is 0.240. The van der Waals surface area contributed by atoms with E-state index in [0.29, 0.717) is 0 Å². The van der Waals surface area contributed by atoms with Crippen molar-refractivity contribution < 1.29 is 9.90 Å². The van der Waals surface area contributed by atoms with E-state index < -0.39 is 12.6 Å². The summed E-state index contributed by atoms with van der Waals surface area (Å²) in [6, 6.07) is 0. The Balaban J connectivity index is 3.38. The van der Waals surface area contributed by atoms with Crippen LogP contribution in [0, 0.1) is 0 Å². The van der Waals surface area contributed by atoms with Gasteiger partial charge in [-0.3, -0.25) is 4.79 Å². The molecule has 0 fully saturated rings. The number of amides is 1. The lowest BCUT2D eigenvalue weighted by Crippen LogP contribution is -2.25. The van der Waals surface area contributed by atoms with Gasteiger partial charge in [0.25, 0.3) is 0 Å². The molecule has 0 aliphatic heterocycles. The molecule has 0 atom stereocenters. The Bertz CT molecular complexity index is 139. The second-order valence-electron chi connectivity index (χ2n) is 1.15. The van der Waals surface area contributed by atoms with E-state index in [0.717, 1.165) is 0 Å². The SMILES string of the molecule is [N-]=[N+]=NCC(=O)NCO. The van der Waals surface area contributed by atoms with Crippen molar-refractivity contribution in [1.29, 1.82) is 0 Å². The highest BCUT2D eigenvalue weighted by molar-refractivity contribution is 5.77. The van der Waals surface area contributed by atoms with Crippen LogP contribution >= 0.6 is 0 Å². The summed E-state index contributed by atoms with van der Waals surface area (Å²) in [4.78, 5) is 12.6. The van der Waals surface area contributed by atoms with Gasteiger partial charge in [-0.05, 0) is 5.53 Å². The Morgan fingerprint density at radius 2 is 2.56 bits per heavy atom. The molecule has 6 nitrogen and oxygen atoms in total. The summed E-state index contributed by atoms with van der Waals surface area (Å²) in [6.45, 7) is -0.698. The molecule has 0 aromatic rings. The summed E-state index contributed by atoms with van der Waals surface area (Å²) in [5.41, 5.74) is 7.70. The number of hydrogen-bond acceptors (Lipinski definition) is 3. The molecule has 1 amide bonds. The van der Waals surface area contributed by atoms with E-state index in [1.54, 1.807) is 0 Å². The van der Waals surface area contributed by atoms with Crippen LogP contribution in [0.4, 0.5) is 0 Å². The molecule has 0 aliphatic carbocycles. The molecule has 6 heteroatoms. The second-order valence-corrected chi connectivity index (χ2v) is 1.15. The highest BCUT2D eigenvalue weighted by atomic mass is 16.3. The highest BCUT2D eigenvalue weighted by Crippen LogP contribution is 1.69. The molecule has 0 rings (SSSR count). The molecule has 0 aliphatic rings. The fourth-order valence-corrected chi connectivity index (χ4v) is 0.240. The van der Waals surface area contributed by atoms with Gasteiger partial charge in [-0.25, -0.2) is 0 Å². The van der Waals surface area contributed by atoms with E-state index in [2.05, 4.69) is 10.0 Å². The monoisotopic (exact) mass is 130 g/mol. The smallest absolute Gasteiger partial charge is 0.227 e. The Kier molecular flexibility index (Phi) is 4.20. The van der Waals surface area contributed by atoms with Gasteiger partial charge in [-0.2, -0.15) is 0 Å². The lowest BCUT2D eigenvalue weighted by molar-refractivity contribution is -0.120. The first-order chi connectivity index (χ1) is 4.31. The zero-order chi connectivity index (χ0) is 7.11. The topological polar surface area (TPSA) is 98.1 Å². The van der Waals surface area contributed by atoms with E-state index >= 15 is 0 Å². The van der Waals surface area contributed by atoms with Crippen LogP contribution in [0.5, 0.6) is 0 Å². The van der Waals surface area contributed by atoms with Crippen LogP contribution < -0.4 is 5.32 Å². The van der Waals surface area contributed by atoms with Gasteiger partial charge in [0.1, 0.15) is 13.3 Å². The quantitative estimate of drug-likeness (QED) is 0.230. The number of aliphatic hydroxyl groups excluding tert-OH is 1. The summed E-state index contributed by atoms with van der Waals surface area (Å²) in [5, 5.41) is 13.0. The predicted molar refractivity (Wildman–Crippen MR) is 29.2 cm³/mol. The first-order valence-corrected chi connectivity index (χ1v) is 2.19. The van der Waals surface area contributed by atoms with Crippen LogP contribution in [-0.4, -0.2) is 24.3 Å². The first kappa shape index (κ1) is 7.74. The summed E-state index contributed by atoms with van der Waals surface area (Å²) < 4.78 is 0. The van der Waals surface area contributed by atoms with Gasteiger partial charge in [0, 0.05) is 4.91 Å². The largest absolute Gasteiger partial charge is 0.377 e. The Labute approximate surface area is 51.1 Å². The zero-order valence-electron chi connectivity index (χ0n) is 4.61. The molecule has 0 radical (unpaired) electrons. The van der Waals surface area contributed by atoms with Crippen molar-refractivity contribution in [1.82, 2.24) is 5.32 Å². The molecule has 0 heterocycles. The average molecular weight is 130 g/mol. The van der Waals surface area contributed by atoms with Crippen molar-refractivity contribution in [3.8, 4) is 0 Å². The molecule has 0 aromatic heterocycles. The number of hydrogen-bond donors (Lipinski definition) is 2. The molecule has 0 aromatic carbocycles. The van der Waals surface area contributed by atoms with Gasteiger partial charge in [0.15, 0.2) is 0 Å². The van der Waals surface area contributed by atoms with Gasteiger partial charge in [0.05, 0.1) is 0 Å². The van der Waals surface area contributed by atoms with Crippen LogP contribution in [0.1, 0.15) is 0 Å². The van der Waals surface area contributed by atoms with E-state index in [1.165, 1.54) is 0 Å². The minimum absolute atomic E-state index is 0.267. The molecule has 50 valence electrons. The third-order valence-electron chi connectivity index (χ3n) is 0.554. The van der Waals surface area contributed by atoms with Crippen LogP contribution in [0.25, 0.3) is 10.4 Å². The number of nitrogens with one attached hydrogen (secondary N) is 1. The Hall–Kier alpha value is -1.26. The van der Waals surface area contributed by atoms with E-state index in [4.69, 9.17) is 10.6 Å². The molecule has 0 saturated heterocycles. The van der Waals surface area contributed by atoms with Crippen LogP contribution in [0.3, 0.4) is 0 Å². The van der Waals surface area contributed by atoms with Crippen LogP contribution in [0.15, 0.2) is 5.11 Å². The lowest BCUT2D eigenvalue weighted by Gasteiger charge is -1.93. The third kappa shape index (κ3) is 4.60. The van der Waals surface area contributed by atoms with E-state index in [9.17, 15) is 4.79 Å². The lowest BCUT2D eigenvalue weighted by atomic mass is 10.6. The van der Waals surface area contributed by atoms with Crippen molar-refractivity contribution in [2.24, 2.45) is 5.11 Å². The minimum Gasteiger partial charge on any atom is -0.377 e. The standard InChI is InChI=1S/C3H6N4O2/c4-7-6-1-3(9)5-2-8/h8H,1-2H2,(H,5,9). The summed E-state index contributed by atoms with van der Waals surface area (Å²) >= 11 is 0. The van der Waals surface area contributed by atoms with Gasteiger partial charge >= 0.3 is 0 Å². The molecule has 2 N–H and O–H groups in total. The van der Waals surface area contributed by atoms with Gasteiger partial charge < -0.3 is 10.4 Å². The minimum atomic E-state index is -0.490. The Morgan fingerprint density at radius 3 is 3.00 bits per heavy atom. The molecule has 0 saturated carbocycles. The number of carbonyl (C=O) groups excluding carboxylic acids is 1. The molecule has 0 unspecified atom stereocenters. The molecular weight excluding hydrogens is 124 g/mol. The normalized spacial score (nSPS) is 7.67. The predicted octanol–water partition coefficient (Wildman–Crippen LogP) is -0.637. The number of azide groups is 1. The maximum Gasteiger partial charge on any atom is 0.227 e. The summed E-state index contributed by atoms with van der Waals surface area (Å²) in [6.07, 6.45) is 0. The summed E-state index contributed by atoms with van der Waals surface area (Å²) in [5.74, 6) is -0.490. The summed E-state index contributed by atoms with van der Waals surface area (Å²) in [7, 11) is 0. The molecule has 0 spiro atoms. The average Bonchev–Trinajstić information content (AvgIpc) is 1.85.